The van der Waals surface area contributed by atoms with Gasteiger partial charge < -0.3 is 15.4 Å². The summed E-state index contributed by atoms with van der Waals surface area (Å²) in [7, 11) is 0. The van der Waals surface area contributed by atoms with Gasteiger partial charge in [-0.25, -0.2) is 4.79 Å². The number of carbonyl (C=O) groups is 2. The first-order valence-electron chi connectivity index (χ1n) is 8.66. The van der Waals surface area contributed by atoms with Crippen LogP contribution in [0.25, 0.3) is 11.0 Å². The van der Waals surface area contributed by atoms with Crippen molar-refractivity contribution in [3.8, 4) is 0 Å². The molecule has 1 atom stereocenters. The Balaban J connectivity index is 1.65. The van der Waals surface area contributed by atoms with Gasteiger partial charge in [-0.2, -0.15) is 0 Å². The van der Waals surface area contributed by atoms with Crippen molar-refractivity contribution < 1.29 is 14.7 Å². The Morgan fingerprint density at radius 3 is 2.70 bits per heavy atom. The lowest BCUT2D eigenvalue weighted by molar-refractivity contribution is -0.141. The number of aromatic amines is 1. The molecule has 1 heterocycles. The molecule has 7 nitrogen and oxygen atoms in total. The van der Waals surface area contributed by atoms with Gasteiger partial charge in [-0.3, -0.25) is 14.2 Å². The molecule has 0 aliphatic rings. The van der Waals surface area contributed by atoms with Crippen LogP contribution in [0.4, 0.5) is 0 Å². The summed E-state index contributed by atoms with van der Waals surface area (Å²) in [5.74, 6) is -2.12. The quantitative estimate of drug-likeness (QED) is 0.591. The van der Waals surface area contributed by atoms with Crippen molar-refractivity contribution in [1.82, 2.24) is 14.9 Å². The van der Waals surface area contributed by atoms with Crippen molar-refractivity contribution in [3.05, 3.63) is 70.1 Å². The number of para-hydroxylation sites is 2. The van der Waals surface area contributed by atoms with Crippen LogP contribution in [-0.4, -0.2) is 33.1 Å². The molecule has 3 rings (SSSR count). The van der Waals surface area contributed by atoms with E-state index in [1.165, 1.54) is 4.57 Å². The third-order valence-corrected chi connectivity index (χ3v) is 4.44. The summed E-state index contributed by atoms with van der Waals surface area (Å²) < 4.78 is 1.33. The van der Waals surface area contributed by atoms with Crippen molar-refractivity contribution in [1.29, 1.82) is 0 Å². The number of carbonyl (C=O) groups excluding carboxylic acids is 1. The van der Waals surface area contributed by atoms with Crippen LogP contribution in [0, 0.1) is 12.8 Å². The maximum Gasteiger partial charge on any atom is 0.326 e. The van der Waals surface area contributed by atoms with E-state index in [1.807, 2.05) is 31.2 Å². The Morgan fingerprint density at radius 2 is 1.96 bits per heavy atom. The van der Waals surface area contributed by atoms with Crippen LogP contribution in [-0.2, 0) is 22.6 Å². The number of hydrogen-bond donors (Lipinski definition) is 3. The minimum atomic E-state index is -0.971. The number of amides is 1. The van der Waals surface area contributed by atoms with Gasteiger partial charge in [0.05, 0.1) is 17.0 Å². The van der Waals surface area contributed by atoms with Gasteiger partial charge >= 0.3 is 11.7 Å². The lowest BCUT2D eigenvalue weighted by Crippen LogP contribution is -2.37. The number of aromatic nitrogens is 2. The molecule has 0 aliphatic heterocycles. The second-order valence-electron chi connectivity index (χ2n) is 6.57. The number of carboxylic acid groups (broad SMARTS) is 1. The number of aryl methyl sites for hydroxylation is 1. The molecule has 0 fully saturated rings. The minimum absolute atomic E-state index is 0.000779. The normalized spacial score (nSPS) is 12.0. The van der Waals surface area contributed by atoms with E-state index in [0.29, 0.717) is 17.5 Å². The smallest absolute Gasteiger partial charge is 0.326 e. The molecular weight excluding hydrogens is 346 g/mol. The molecule has 0 radical (unpaired) electrons. The number of H-pyrrole nitrogens is 1. The monoisotopic (exact) mass is 367 g/mol. The molecule has 1 amide bonds. The first-order valence-corrected chi connectivity index (χ1v) is 8.66. The summed E-state index contributed by atoms with van der Waals surface area (Å²) in [6.07, 6.45) is 0.324. The van der Waals surface area contributed by atoms with Gasteiger partial charge in [-0.05, 0) is 31.0 Å². The van der Waals surface area contributed by atoms with Crippen molar-refractivity contribution >= 4 is 22.9 Å². The van der Waals surface area contributed by atoms with E-state index in [2.05, 4.69) is 10.3 Å². The molecule has 0 spiro atoms. The Kier molecular flexibility index (Phi) is 5.40. The number of benzene rings is 2. The van der Waals surface area contributed by atoms with E-state index in [0.717, 1.165) is 11.1 Å². The molecule has 2 aromatic carbocycles. The molecule has 0 bridgehead atoms. The molecule has 1 unspecified atom stereocenters. The number of carboxylic acids is 1. The van der Waals surface area contributed by atoms with E-state index in [4.69, 9.17) is 0 Å². The lowest BCUT2D eigenvalue weighted by Gasteiger charge is -2.14. The highest BCUT2D eigenvalue weighted by Crippen LogP contribution is 2.11. The zero-order chi connectivity index (χ0) is 19.4. The first kappa shape index (κ1) is 18.4. The highest BCUT2D eigenvalue weighted by molar-refractivity contribution is 5.81. The predicted octanol–water partition coefficient (Wildman–Crippen LogP) is 1.70. The molecule has 0 aliphatic carbocycles. The molecule has 3 aromatic rings. The summed E-state index contributed by atoms with van der Waals surface area (Å²) in [5, 5.41) is 12.1. The number of nitrogens with zero attached hydrogens (tertiary/aromatic N) is 1. The molecule has 0 saturated heterocycles. The van der Waals surface area contributed by atoms with Crippen LogP contribution >= 0.6 is 0 Å². The molecular formula is C20H21N3O4. The number of aliphatic carboxylic acids is 1. The van der Waals surface area contributed by atoms with Gasteiger partial charge in [0.2, 0.25) is 5.91 Å². The number of fused-ring (bicyclic) bond motifs is 1. The van der Waals surface area contributed by atoms with E-state index in [9.17, 15) is 19.5 Å². The predicted molar refractivity (Wildman–Crippen MR) is 102 cm³/mol. The van der Waals surface area contributed by atoms with Crippen LogP contribution in [0.15, 0.2) is 53.3 Å². The zero-order valence-electron chi connectivity index (χ0n) is 14.9. The highest BCUT2D eigenvalue weighted by atomic mass is 16.4. The number of imidazole rings is 1. The lowest BCUT2D eigenvalue weighted by atomic mass is 9.98. The van der Waals surface area contributed by atoms with Crippen molar-refractivity contribution in [2.75, 3.05) is 6.54 Å². The molecule has 0 saturated carbocycles. The van der Waals surface area contributed by atoms with E-state index >= 15 is 0 Å². The molecule has 140 valence electrons. The average Bonchev–Trinajstić information content (AvgIpc) is 2.94. The third-order valence-electron chi connectivity index (χ3n) is 4.44. The van der Waals surface area contributed by atoms with Gasteiger partial charge in [0.25, 0.3) is 0 Å². The summed E-state index contributed by atoms with van der Waals surface area (Å²) >= 11 is 0. The van der Waals surface area contributed by atoms with Crippen molar-refractivity contribution in [3.63, 3.8) is 0 Å². The van der Waals surface area contributed by atoms with Gasteiger partial charge in [0.1, 0.15) is 6.54 Å². The SMILES string of the molecule is Cc1cccc(CC(CNC(=O)Cn2c(=O)[nH]c3ccccc32)C(=O)O)c1. The topological polar surface area (TPSA) is 104 Å². The first-order chi connectivity index (χ1) is 12.9. The number of rotatable bonds is 7. The molecule has 7 heteroatoms. The third kappa shape index (κ3) is 4.44. The fraction of sp³-hybridized carbons (Fsp3) is 0.250. The van der Waals surface area contributed by atoms with Crippen molar-refractivity contribution in [2.45, 2.75) is 19.9 Å². The van der Waals surface area contributed by atoms with Gasteiger partial charge in [-0.1, -0.05) is 42.0 Å². The van der Waals surface area contributed by atoms with Crippen LogP contribution < -0.4 is 11.0 Å². The van der Waals surface area contributed by atoms with Crippen LogP contribution in [0.5, 0.6) is 0 Å². The van der Waals surface area contributed by atoms with E-state index in [1.54, 1.807) is 24.3 Å². The van der Waals surface area contributed by atoms with Crippen LogP contribution in [0.2, 0.25) is 0 Å². The number of hydrogen-bond acceptors (Lipinski definition) is 3. The fourth-order valence-electron chi connectivity index (χ4n) is 3.07. The Hall–Kier alpha value is -3.35. The maximum atomic E-state index is 12.3. The Morgan fingerprint density at radius 1 is 1.19 bits per heavy atom. The second-order valence-corrected chi connectivity index (χ2v) is 6.57. The maximum absolute atomic E-state index is 12.3. The van der Waals surface area contributed by atoms with Crippen LogP contribution in [0.1, 0.15) is 11.1 Å². The zero-order valence-corrected chi connectivity index (χ0v) is 14.9. The summed E-state index contributed by atoms with van der Waals surface area (Å²) in [6, 6.07) is 14.7. The standard InChI is InChI=1S/C20H21N3O4/c1-13-5-4-6-14(9-13)10-15(19(25)26)11-21-18(24)12-23-17-8-3-2-7-16(17)22-20(23)27/h2-9,15H,10-12H2,1H3,(H,21,24)(H,22,27)(H,25,26). The number of nitrogens with one attached hydrogen (secondary N) is 2. The summed E-state index contributed by atoms with van der Waals surface area (Å²) in [5.41, 5.74) is 2.87. The largest absolute Gasteiger partial charge is 0.481 e. The minimum Gasteiger partial charge on any atom is -0.481 e. The average molecular weight is 367 g/mol. The van der Waals surface area contributed by atoms with Crippen molar-refractivity contribution in [2.24, 2.45) is 5.92 Å². The van der Waals surface area contributed by atoms with Gasteiger partial charge in [-0.15, -0.1) is 0 Å². The Bertz CT molecular complexity index is 1030. The Labute approximate surface area is 155 Å². The molecule has 1 aromatic heterocycles. The molecule has 3 N–H and O–H groups in total. The van der Waals surface area contributed by atoms with Gasteiger partial charge in [0, 0.05) is 6.54 Å². The van der Waals surface area contributed by atoms with E-state index in [-0.39, 0.29) is 18.8 Å². The fourth-order valence-corrected chi connectivity index (χ4v) is 3.07. The van der Waals surface area contributed by atoms with E-state index < -0.39 is 17.8 Å². The van der Waals surface area contributed by atoms with Crippen LogP contribution in [0.3, 0.4) is 0 Å². The molecule has 27 heavy (non-hydrogen) atoms. The summed E-state index contributed by atoms with van der Waals surface area (Å²) in [6.45, 7) is 1.78. The highest BCUT2D eigenvalue weighted by Gasteiger charge is 2.19. The van der Waals surface area contributed by atoms with Gasteiger partial charge in [0.15, 0.2) is 0 Å². The second kappa shape index (κ2) is 7.90. The summed E-state index contributed by atoms with van der Waals surface area (Å²) in [4.78, 5) is 38.5.